The monoisotopic (exact) mass is 224 g/mol. The van der Waals surface area contributed by atoms with Gasteiger partial charge >= 0.3 is 0 Å². The Morgan fingerprint density at radius 1 is 1.50 bits per heavy atom. The minimum atomic E-state index is 0.0155. The lowest BCUT2D eigenvalue weighted by Crippen LogP contribution is -2.46. The average Bonchev–Trinajstić information content (AvgIpc) is 2.66. The minimum absolute atomic E-state index is 0.0155. The van der Waals surface area contributed by atoms with Crippen molar-refractivity contribution in [3.05, 3.63) is 18.0 Å². The molecular formula is C12H24N4. The third-order valence-corrected chi connectivity index (χ3v) is 3.12. The van der Waals surface area contributed by atoms with E-state index in [1.165, 1.54) is 0 Å². The number of nitrogens with two attached hydrogens (primary N) is 1. The Hall–Kier alpha value is -0.870. The molecule has 1 rings (SSSR count). The van der Waals surface area contributed by atoms with Crippen LogP contribution in [0, 0.1) is 0 Å². The zero-order valence-electron chi connectivity index (χ0n) is 11.1. The van der Waals surface area contributed by atoms with Gasteiger partial charge in [0.1, 0.15) is 0 Å². The van der Waals surface area contributed by atoms with Crippen molar-refractivity contribution in [1.29, 1.82) is 0 Å². The molecule has 0 aliphatic rings. The van der Waals surface area contributed by atoms with Gasteiger partial charge in [-0.3, -0.25) is 9.58 Å². The van der Waals surface area contributed by atoms with E-state index in [0.717, 1.165) is 12.2 Å². The van der Waals surface area contributed by atoms with Crippen molar-refractivity contribution >= 4 is 0 Å². The third-order valence-electron chi connectivity index (χ3n) is 3.12. The summed E-state index contributed by atoms with van der Waals surface area (Å²) in [7, 11) is 2.08. The maximum atomic E-state index is 5.75. The molecule has 2 N–H and O–H groups in total. The van der Waals surface area contributed by atoms with Crippen LogP contribution in [-0.4, -0.2) is 33.8 Å². The van der Waals surface area contributed by atoms with Crippen LogP contribution in [0.3, 0.4) is 0 Å². The molecule has 0 fully saturated rings. The molecule has 0 amide bonds. The van der Waals surface area contributed by atoms with E-state index in [1.807, 2.05) is 10.9 Å². The van der Waals surface area contributed by atoms with Crippen LogP contribution >= 0.6 is 0 Å². The molecule has 0 atom stereocenters. The maximum absolute atomic E-state index is 5.75. The summed E-state index contributed by atoms with van der Waals surface area (Å²) in [6.45, 7) is 10.0. The highest BCUT2D eigenvalue weighted by atomic mass is 15.3. The lowest BCUT2D eigenvalue weighted by molar-refractivity contribution is 0.153. The molecule has 4 nitrogen and oxygen atoms in total. The van der Waals surface area contributed by atoms with Crippen LogP contribution in [0.25, 0.3) is 0 Å². The molecule has 1 aromatic heterocycles. The van der Waals surface area contributed by atoms with Crippen molar-refractivity contribution in [1.82, 2.24) is 14.7 Å². The van der Waals surface area contributed by atoms with Crippen molar-refractivity contribution in [2.45, 2.75) is 45.8 Å². The molecule has 0 aliphatic heterocycles. The van der Waals surface area contributed by atoms with Crippen molar-refractivity contribution < 1.29 is 0 Å². The summed E-state index contributed by atoms with van der Waals surface area (Å²) in [6, 6.07) is 2.49. The Kier molecular flexibility index (Phi) is 4.10. The maximum Gasteiger partial charge on any atom is 0.0764 e. The van der Waals surface area contributed by atoms with Gasteiger partial charge in [0.15, 0.2) is 0 Å². The molecule has 4 heteroatoms. The van der Waals surface area contributed by atoms with Gasteiger partial charge in [-0.05, 0) is 40.8 Å². The van der Waals surface area contributed by atoms with Crippen molar-refractivity contribution in [2.75, 3.05) is 13.6 Å². The molecule has 0 saturated carbocycles. The van der Waals surface area contributed by atoms with Crippen LogP contribution in [0.4, 0.5) is 0 Å². The quantitative estimate of drug-likeness (QED) is 0.827. The molecule has 0 aromatic carbocycles. The summed E-state index contributed by atoms with van der Waals surface area (Å²) in [4.78, 5) is 2.24. The highest BCUT2D eigenvalue weighted by molar-refractivity contribution is 5.00. The molecule has 0 bridgehead atoms. The summed E-state index contributed by atoms with van der Waals surface area (Å²) >= 11 is 0. The highest BCUT2D eigenvalue weighted by Gasteiger charge is 2.22. The topological polar surface area (TPSA) is 47.1 Å². The zero-order chi connectivity index (χ0) is 12.3. The van der Waals surface area contributed by atoms with Gasteiger partial charge in [0.05, 0.1) is 5.69 Å². The van der Waals surface area contributed by atoms with Gasteiger partial charge in [-0.2, -0.15) is 5.10 Å². The number of aromatic nitrogens is 2. The standard InChI is InChI=1S/C12H24N4/c1-10(2)16-7-6-11(14-16)8-15(5)12(3,4)9-13/h6-7,10H,8-9,13H2,1-5H3. The van der Waals surface area contributed by atoms with Crippen molar-refractivity contribution in [3.8, 4) is 0 Å². The van der Waals surface area contributed by atoms with E-state index in [2.05, 4.69) is 50.8 Å². The zero-order valence-corrected chi connectivity index (χ0v) is 11.1. The Morgan fingerprint density at radius 3 is 2.56 bits per heavy atom. The van der Waals surface area contributed by atoms with Gasteiger partial charge in [0.25, 0.3) is 0 Å². The predicted octanol–water partition coefficient (Wildman–Crippen LogP) is 1.63. The van der Waals surface area contributed by atoms with Crippen LogP contribution in [0.2, 0.25) is 0 Å². The molecular weight excluding hydrogens is 200 g/mol. The number of rotatable bonds is 5. The SMILES string of the molecule is CC(C)n1ccc(CN(C)C(C)(C)CN)n1. The van der Waals surface area contributed by atoms with E-state index in [1.54, 1.807) is 0 Å². The second kappa shape index (κ2) is 4.97. The van der Waals surface area contributed by atoms with Crippen molar-refractivity contribution in [3.63, 3.8) is 0 Å². The van der Waals surface area contributed by atoms with E-state index in [9.17, 15) is 0 Å². The fraction of sp³-hybridized carbons (Fsp3) is 0.750. The Balaban J connectivity index is 2.66. The third kappa shape index (κ3) is 3.06. The van der Waals surface area contributed by atoms with Crippen LogP contribution in [-0.2, 0) is 6.54 Å². The van der Waals surface area contributed by atoms with E-state index in [4.69, 9.17) is 5.73 Å². The first-order valence-corrected chi connectivity index (χ1v) is 5.82. The highest BCUT2D eigenvalue weighted by Crippen LogP contribution is 2.14. The first kappa shape index (κ1) is 13.2. The first-order valence-electron chi connectivity index (χ1n) is 5.82. The Bertz CT molecular complexity index is 328. The van der Waals surface area contributed by atoms with Gasteiger partial charge in [0, 0.05) is 30.9 Å². The van der Waals surface area contributed by atoms with Gasteiger partial charge in [-0.25, -0.2) is 0 Å². The van der Waals surface area contributed by atoms with Crippen LogP contribution in [0.15, 0.2) is 12.3 Å². The molecule has 0 aliphatic carbocycles. The summed E-state index contributed by atoms with van der Waals surface area (Å²) in [5.41, 5.74) is 6.86. The Morgan fingerprint density at radius 2 is 2.12 bits per heavy atom. The van der Waals surface area contributed by atoms with Gasteiger partial charge in [-0.15, -0.1) is 0 Å². The summed E-state index contributed by atoms with van der Waals surface area (Å²) in [6.07, 6.45) is 2.03. The predicted molar refractivity (Wildman–Crippen MR) is 67.2 cm³/mol. The minimum Gasteiger partial charge on any atom is -0.329 e. The molecule has 0 radical (unpaired) electrons. The number of nitrogens with zero attached hydrogens (tertiary/aromatic N) is 3. The van der Waals surface area contributed by atoms with Gasteiger partial charge in [0.2, 0.25) is 0 Å². The molecule has 1 heterocycles. The molecule has 0 unspecified atom stereocenters. The number of hydrogen-bond acceptors (Lipinski definition) is 3. The van der Waals surface area contributed by atoms with E-state index < -0.39 is 0 Å². The number of likely N-dealkylation sites (N-methyl/N-ethyl adjacent to an activating group) is 1. The lowest BCUT2D eigenvalue weighted by Gasteiger charge is -2.33. The largest absolute Gasteiger partial charge is 0.329 e. The molecule has 92 valence electrons. The smallest absolute Gasteiger partial charge is 0.0764 e. The van der Waals surface area contributed by atoms with Crippen LogP contribution in [0.5, 0.6) is 0 Å². The summed E-state index contributed by atoms with van der Waals surface area (Å²) in [5.74, 6) is 0. The van der Waals surface area contributed by atoms with Crippen molar-refractivity contribution in [2.24, 2.45) is 5.73 Å². The fourth-order valence-electron chi connectivity index (χ4n) is 1.36. The molecule has 16 heavy (non-hydrogen) atoms. The van der Waals surface area contributed by atoms with E-state index >= 15 is 0 Å². The summed E-state index contributed by atoms with van der Waals surface area (Å²) in [5, 5.41) is 4.53. The molecule has 0 saturated heterocycles. The van der Waals surface area contributed by atoms with E-state index in [0.29, 0.717) is 12.6 Å². The summed E-state index contributed by atoms with van der Waals surface area (Å²) < 4.78 is 1.98. The molecule has 1 aromatic rings. The van der Waals surface area contributed by atoms with Gasteiger partial charge < -0.3 is 5.73 Å². The van der Waals surface area contributed by atoms with Gasteiger partial charge in [-0.1, -0.05) is 0 Å². The first-order chi connectivity index (χ1) is 7.36. The second-order valence-electron chi connectivity index (χ2n) is 5.25. The van der Waals surface area contributed by atoms with Crippen LogP contribution in [0.1, 0.15) is 39.4 Å². The number of hydrogen-bond donors (Lipinski definition) is 1. The normalized spacial score (nSPS) is 12.8. The molecule has 0 spiro atoms. The average molecular weight is 224 g/mol. The fourth-order valence-corrected chi connectivity index (χ4v) is 1.36. The lowest BCUT2D eigenvalue weighted by atomic mass is 10.0. The van der Waals surface area contributed by atoms with E-state index in [-0.39, 0.29) is 5.54 Å². The second-order valence-corrected chi connectivity index (χ2v) is 5.25. The Labute approximate surface area is 98.4 Å². The van der Waals surface area contributed by atoms with Crippen LogP contribution < -0.4 is 5.73 Å².